The van der Waals surface area contributed by atoms with E-state index in [0.717, 1.165) is 30.9 Å². The van der Waals surface area contributed by atoms with Gasteiger partial charge in [-0.1, -0.05) is 16.8 Å². The van der Waals surface area contributed by atoms with Crippen molar-refractivity contribution in [1.29, 1.82) is 0 Å². The van der Waals surface area contributed by atoms with Crippen LogP contribution in [0.5, 0.6) is 5.88 Å². The number of amides is 2. The minimum Gasteiger partial charge on any atom is -0.480 e. The Morgan fingerprint density at radius 3 is 2.60 bits per heavy atom. The first kappa shape index (κ1) is 29.7. The molecule has 4 saturated carbocycles. The quantitative estimate of drug-likeness (QED) is 0.298. The van der Waals surface area contributed by atoms with Crippen molar-refractivity contribution >= 4 is 23.2 Å². The molecule has 3 N–H and O–H groups in total. The first-order valence-corrected chi connectivity index (χ1v) is 15.2. The number of ether oxygens (including phenoxy) is 1. The highest BCUT2D eigenvalue weighted by atomic mass is 19.4. The molecule has 7 rings (SSSR count). The number of carbonyl (C=O) groups is 2. The summed E-state index contributed by atoms with van der Waals surface area (Å²) in [5.74, 6) is -3.21. The Balaban J connectivity index is 1.17. The molecule has 1 aliphatic heterocycles. The summed E-state index contributed by atoms with van der Waals surface area (Å²) in [6.45, 7) is 0. The van der Waals surface area contributed by atoms with Gasteiger partial charge in [-0.25, -0.2) is 9.37 Å². The molecule has 3 unspecified atom stereocenters. The second kappa shape index (κ2) is 11.1. The lowest BCUT2D eigenvalue weighted by Crippen LogP contribution is -2.48. The van der Waals surface area contributed by atoms with Crippen molar-refractivity contribution in [3.8, 4) is 5.88 Å². The van der Waals surface area contributed by atoms with Gasteiger partial charge in [0.05, 0.1) is 30.4 Å². The van der Waals surface area contributed by atoms with Gasteiger partial charge in [0.1, 0.15) is 17.5 Å². The minimum absolute atomic E-state index is 0.0719. The molecule has 1 aromatic carbocycles. The van der Waals surface area contributed by atoms with Gasteiger partial charge in [-0.05, 0) is 68.2 Å². The third-order valence-corrected chi connectivity index (χ3v) is 9.79. The molecule has 2 bridgehead atoms. The van der Waals surface area contributed by atoms with Crippen LogP contribution >= 0.6 is 0 Å². The minimum atomic E-state index is -4.93. The molecule has 4 aliphatic carbocycles. The molecule has 2 aromatic rings. The fraction of sp³-hybridized carbons (Fsp3) is 0.500. The maximum absolute atomic E-state index is 13.9. The first-order valence-electron chi connectivity index (χ1n) is 15.2. The van der Waals surface area contributed by atoms with Crippen molar-refractivity contribution in [2.24, 2.45) is 34.7 Å². The number of methoxy groups -OCH3 is 1. The predicted molar refractivity (Wildman–Crippen MR) is 153 cm³/mol. The fourth-order valence-electron chi connectivity index (χ4n) is 7.59. The zero-order chi connectivity index (χ0) is 31.6. The predicted octanol–water partition coefficient (Wildman–Crippen LogP) is 4.85. The zero-order valence-corrected chi connectivity index (χ0v) is 24.3. The summed E-state index contributed by atoms with van der Waals surface area (Å²) in [6, 6.07) is 3.32. The molecule has 9 nitrogen and oxygen atoms in total. The number of alkyl halides is 3. The normalized spacial score (nSPS) is 31.0. The summed E-state index contributed by atoms with van der Waals surface area (Å²) in [5.41, 5.74) is 0.717. The van der Waals surface area contributed by atoms with E-state index in [4.69, 9.17) is 9.57 Å². The van der Waals surface area contributed by atoms with Gasteiger partial charge >= 0.3 is 6.18 Å². The lowest BCUT2D eigenvalue weighted by atomic mass is 9.83. The maximum atomic E-state index is 13.9. The van der Waals surface area contributed by atoms with E-state index >= 15 is 0 Å². The molecular formula is C32H32F4N4O5. The number of hydrogen-bond donors (Lipinski definition) is 3. The van der Waals surface area contributed by atoms with Gasteiger partial charge in [-0.15, -0.1) is 0 Å². The topological polar surface area (TPSA) is 122 Å². The summed E-state index contributed by atoms with van der Waals surface area (Å²) in [6.07, 6.45) is 2.56. The molecule has 0 radical (unpaired) electrons. The van der Waals surface area contributed by atoms with Crippen LogP contribution in [0.25, 0.3) is 0 Å². The van der Waals surface area contributed by atoms with E-state index in [-0.39, 0.29) is 41.0 Å². The number of fused-ring (bicyclic) bond motifs is 3. The third-order valence-electron chi connectivity index (χ3n) is 9.79. The van der Waals surface area contributed by atoms with Gasteiger partial charge in [-0.3, -0.25) is 9.59 Å². The molecule has 45 heavy (non-hydrogen) atoms. The number of anilines is 1. The Labute approximate surface area is 256 Å². The SMILES string of the molecule is COc1ncc(C2=NOC3CC(O)CC23)cc1C(=O)N[C@H]1[C@@H](C(=O)Nc2ccc(F)c(C(F)(F)F)c2)[C@H]2CC[C@@H]1/C2=C\C1CC1. The van der Waals surface area contributed by atoms with Crippen molar-refractivity contribution in [3.05, 3.63) is 64.6 Å². The molecule has 2 heterocycles. The summed E-state index contributed by atoms with van der Waals surface area (Å²) in [7, 11) is 1.39. The Morgan fingerprint density at radius 1 is 1.09 bits per heavy atom. The van der Waals surface area contributed by atoms with Crippen LogP contribution < -0.4 is 15.4 Å². The average molecular weight is 629 g/mol. The van der Waals surface area contributed by atoms with Crippen molar-refractivity contribution in [2.75, 3.05) is 12.4 Å². The average Bonchev–Trinajstić information content (AvgIpc) is 3.28. The van der Waals surface area contributed by atoms with Crippen LogP contribution in [-0.4, -0.2) is 53.0 Å². The summed E-state index contributed by atoms with van der Waals surface area (Å²) in [5, 5.41) is 19.9. The number of pyridine rings is 1. The number of hydrogen-bond acceptors (Lipinski definition) is 7. The molecule has 5 aliphatic rings. The standard InChI is InChI=1S/C32H32F4N4O5/c1-44-31-22(9-15(13-37-31)27-21-11-17(41)12-25(21)45-40-27)29(42)39-28-19-6-5-18(20(19)8-14-2-3-14)26(28)30(43)38-16-4-7-24(33)23(10-16)32(34,35)36/h4,7-10,13-14,17-19,21,25-26,28,41H,2-3,5-6,11-12H2,1H3,(H,38,43)(H,39,42)/b20-8-/t17?,18-,19+,21?,25?,26-,28+/m0/s1. The lowest BCUT2D eigenvalue weighted by molar-refractivity contribution is -0.140. The van der Waals surface area contributed by atoms with Crippen LogP contribution in [0.1, 0.15) is 60.0 Å². The van der Waals surface area contributed by atoms with E-state index in [2.05, 4.69) is 26.8 Å². The van der Waals surface area contributed by atoms with Crippen LogP contribution in [-0.2, 0) is 15.8 Å². The Kier molecular flexibility index (Phi) is 7.33. The molecule has 13 heteroatoms. The molecule has 0 saturated heterocycles. The highest BCUT2D eigenvalue weighted by Gasteiger charge is 2.55. The summed E-state index contributed by atoms with van der Waals surface area (Å²) >= 11 is 0. The second-order valence-electron chi connectivity index (χ2n) is 12.6. The Bertz CT molecular complexity index is 1610. The largest absolute Gasteiger partial charge is 0.480 e. The van der Waals surface area contributed by atoms with Crippen molar-refractivity contribution in [1.82, 2.24) is 10.3 Å². The molecular weight excluding hydrogens is 596 g/mol. The van der Waals surface area contributed by atoms with Crippen LogP contribution in [0.15, 0.2) is 47.3 Å². The monoisotopic (exact) mass is 628 g/mol. The Hall–Kier alpha value is -4.00. The molecule has 4 fully saturated rings. The van der Waals surface area contributed by atoms with Gasteiger partial charge < -0.3 is 25.3 Å². The van der Waals surface area contributed by atoms with E-state index in [0.29, 0.717) is 48.6 Å². The number of carbonyl (C=O) groups excluding carboxylic acids is 2. The zero-order valence-electron chi connectivity index (χ0n) is 24.3. The maximum Gasteiger partial charge on any atom is 0.419 e. The van der Waals surface area contributed by atoms with Crippen molar-refractivity contribution in [2.45, 2.75) is 63.0 Å². The van der Waals surface area contributed by atoms with Gasteiger partial charge in [0.15, 0.2) is 0 Å². The number of nitrogens with zero attached hydrogens (tertiary/aromatic N) is 2. The van der Waals surface area contributed by atoms with E-state index in [1.54, 1.807) is 6.07 Å². The first-order chi connectivity index (χ1) is 21.5. The van der Waals surface area contributed by atoms with Gasteiger partial charge in [0, 0.05) is 41.7 Å². The smallest absolute Gasteiger partial charge is 0.419 e. The molecule has 7 atom stereocenters. The van der Waals surface area contributed by atoms with E-state index < -0.39 is 47.4 Å². The number of benzene rings is 1. The van der Waals surface area contributed by atoms with Gasteiger partial charge in [0.2, 0.25) is 11.8 Å². The second-order valence-corrected chi connectivity index (χ2v) is 12.6. The molecule has 1 aromatic heterocycles. The van der Waals surface area contributed by atoms with E-state index in [1.165, 1.54) is 13.3 Å². The van der Waals surface area contributed by atoms with E-state index in [1.807, 2.05) is 0 Å². The van der Waals surface area contributed by atoms with Crippen LogP contribution in [0, 0.1) is 35.4 Å². The molecule has 238 valence electrons. The van der Waals surface area contributed by atoms with Crippen LogP contribution in [0.2, 0.25) is 0 Å². The number of oxime groups is 1. The van der Waals surface area contributed by atoms with Gasteiger partial charge in [-0.2, -0.15) is 13.2 Å². The highest BCUT2D eigenvalue weighted by molar-refractivity contribution is 6.06. The fourth-order valence-corrected chi connectivity index (χ4v) is 7.59. The van der Waals surface area contributed by atoms with Crippen molar-refractivity contribution in [3.63, 3.8) is 0 Å². The lowest BCUT2D eigenvalue weighted by Gasteiger charge is -2.30. The van der Waals surface area contributed by atoms with E-state index in [9.17, 15) is 32.3 Å². The number of aliphatic hydroxyl groups excluding tert-OH is 1. The van der Waals surface area contributed by atoms with Gasteiger partial charge in [0.25, 0.3) is 5.91 Å². The summed E-state index contributed by atoms with van der Waals surface area (Å²) < 4.78 is 59.4. The molecule has 0 spiro atoms. The van der Waals surface area contributed by atoms with Crippen molar-refractivity contribution < 1.29 is 41.8 Å². The number of aromatic nitrogens is 1. The molecule has 2 amide bonds. The summed E-state index contributed by atoms with van der Waals surface area (Å²) in [4.78, 5) is 37.5. The highest BCUT2D eigenvalue weighted by Crippen LogP contribution is 2.54. The number of rotatable bonds is 7. The Morgan fingerprint density at radius 2 is 1.87 bits per heavy atom. The number of aliphatic hydroxyl groups is 1. The van der Waals surface area contributed by atoms with Crippen LogP contribution in [0.4, 0.5) is 23.2 Å². The third kappa shape index (κ3) is 5.44. The number of halogens is 4. The number of nitrogens with one attached hydrogen (secondary N) is 2. The van der Waals surface area contributed by atoms with Crippen LogP contribution in [0.3, 0.4) is 0 Å². The number of allylic oxidation sites excluding steroid dienone is 1.